The van der Waals surface area contributed by atoms with Crippen LogP contribution in [0.4, 0.5) is 4.39 Å². The Morgan fingerprint density at radius 2 is 2.04 bits per heavy atom. The SMILES string of the molecule is CCCn1c(=NC(=O)c2ccc(Cl)cc2Cl)sc2cc(F)ccc21. The second-order valence-corrected chi connectivity index (χ2v) is 7.04. The van der Waals surface area contributed by atoms with Crippen LogP contribution in [0.2, 0.25) is 10.0 Å². The highest BCUT2D eigenvalue weighted by Gasteiger charge is 2.12. The number of aromatic nitrogens is 1. The molecule has 0 saturated heterocycles. The van der Waals surface area contributed by atoms with Gasteiger partial charge < -0.3 is 4.57 Å². The summed E-state index contributed by atoms with van der Waals surface area (Å²) in [7, 11) is 0. The molecule has 0 unspecified atom stereocenters. The van der Waals surface area contributed by atoms with Gasteiger partial charge >= 0.3 is 0 Å². The highest BCUT2D eigenvalue weighted by Crippen LogP contribution is 2.22. The number of amides is 1. The standard InChI is InChI=1S/C17H13Cl2FN2OS/c1-2-7-22-14-6-4-11(20)9-15(14)24-17(22)21-16(23)12-5-3-10(18)8-13(12)19/h3-6,8-9H,2,7H2,1H3. The summed E-state index contributed by atoms with van der Waals surface area (Å²) in [6.07, 6.45) is 0.867. The predicted octanol–water partition coefficient (Wildman–Crippen LogP) is 5.30. The van der Waals surface area contributed by atoms with Crippen LogP contribution in [0.5, 0.6) is 0 Å². The van der Waals surface area contributed by atoms with Crippen LogP contribution in [-0.4, -0.2) is 10.5 Å². The molecule has 7 heteroatoms. The molecule has 0 spiro atoms. The van der Waals surface area contributed by atoms with Crippen molar-refractivity contribution < 1.29 is 9.18 Å². The van der Waals surface area contributed by atoms with Gasteiger partial charge in [-0.2, -0.15) is 4.99 Å². The van der Waals surface area contributed by atoms with Crippen molar-refractivity contribution in [3.05, 3.63) is 62.6 Å². The van der Waals surface area contributed by atoms with Crippen LogP contribution in [0.15, 0.2) is 41.4 Å². The third-order valence-electron chi connectivity index (χ3n) is 3.45. The van der Waals surface area contributed by atoms with Gasteiger partial charge in [0.25, 0.3) is 5.91 Å². The molecule has 0 atom stereocenters. The number of halogens is 3. The van der Waals surface area contributed by atoms with Gasteiger partial charge in [0.15, 0.2) is 4.80 Å². The average Bonchev–Trinajstić information content (AvgIpc) is 2.84. The van der Waals surface area contributed by atoms with E-state index in [0.29, 0.717) is 16.4 Å². The zero-order valence-corrected chi connectivity index (χ0v) is 15.1. The largest absolute Gasteiger partial charge is 0.316 e. The van der Waals surface area contributed by atoms with Crippen LogP contribution in [0.1, 0.15) is 23.7 Å². The van der Waals surface area contributed by atoms with Crippen LogP contribution in [0.3, 0.4) is 0 Å². The van der Waals surface area contributed by atoms with Gasteiger partial charge in [0.2, 0.25) is 0 Å². The first-order valence-electron chi connectivity index (χ1n) is 7.32. The zero-order chi connectivity index (χ0) is 17.3. The van der Waals surface area contributed by atoms with Crippen molar-refractivity contribution in [1.82, 2.24) is 4.57 Å². The number of hydrogen-bond donors (Lipinski definition) is 0. The van der Waals surface area contributed by atoms with E-state index in [-0.39, 0.29) is 16.4 Å². The molecule has 124 valence electrons. The molecular formula is C17H13Cl2FN2OS. The summed E-state index contributed by atoms with van der Waals surface area (Å²) in [5, 5.41) is 0.709. The average molecular weight is 383 g/mol. The maximum absolute atomic E-state index is 13.5. The smallest absolute Gasteiger partial charge is 0.281 e. The fourth-order valence-corrected chi connectivity index (χ4v) is 3.95. The van der Waals surface area contributed by atoms with Crippen molar-refractivity contribution in [1.29, 1.82) is 0 Å². The molecule has 0 aliphatic carbocycles. The predicted molar refractivity (Wildman–Crippen MR) is 96.4 cm³/mol. The quantitative estimate of drug-likeness (QED) is 0.604. The van der Waals surface area contributed by atoms with E-state index >= 15 is 0 Å². The van der Waals surface area contributed by atoms with E-state index in [1.165, 1.54) is 29.5 Å². The lowest BCUT2D eigenvalue weighted by Gasteiger charge is -2.03. The van der Waals surface area contributed by atoms with Crippen molar-refractivity contribution in [2.75, 3.05) is 0 Å². The van der Waals surface area contributed by atoms with Gasteiger partial charge in [-0.1, -0.05) is 41.5 Å². The molecule has 0 saturated carbocycles. The zero-order valence-electron chi connectivity index (χ0n) is 12.7. The van der Waals surface area contributed by atoms with E-state index in [0.717, 1.165) is 16.6 Å². The maximum atomic E-state index is 13.5. The molecule has 1 amide bonds. The summed E-state index contributed by atoms with van der Waals surface area (Å²) in [5.74, 6) is -0.764. The Morgan fingerprint density at radius 1 is 1.25 bits per heavy atom. The summed E-state index contributed by atoms with van der Waals surface area (Å²) in [6, 6.07) is 9.21. The molecular weight excluding hydrogens is 370 g/mol. The fraction of sp³-hybridized carbons (Fsp3) is 0.176. The van der Waals surface area contributed by atoms with Crippen molar-refractivity contribution in [3.8, 4) is 0 Å². The van der Waals surface area contributed by atoms with E-state index in [9.17, 15) is 9.18 Å². The summed E-state index contributed by atoms with van der Waals surface area (Å²) < 4.78 is 16.1. The number of rotatable bonds is 3. The second-order valence-electron chi connectivity index (χ2n) is 5.19. The number of thiazole rings is 1. The number of carbonyl (C=O) groups is 1. The molecule has 0 aliphatic rings. The number of fused-ring (bicyclic) bond motifs is 1. The van der Waals surface area contributed by atoms with Crippen LogP contribution in [0, 0.1) is 5.82 Å². The Bertz CT molecular complexity index is 994. The van der Waals surface area contributed by atoms with E-state index in [2.05, 4.69) is 4.99 Å². The first-order chi connectivity index (χ1) is 11.5. The topological polar surface area (TPSA) is 34.4 Å². The first kappa shape index (κ1) is 17.1. The third-order valence-corrected chi connectivity index (χ3v) is 5.04. The Balaban J connectivity index is 2.14. The third kappa shape index (κ3) is 3.38. The number of nitrogens with zero attached hydrogens (tertiary/aromatic N) is 2. The lowest BCUT2D eigenvalue weighted by Crippen LogP contribution is -2.17. The summed E-state index contributed by atoms with van der Waals surface area (Å²) in [4.78, 5) is 17.2. The van der Waals surface area contributed by atoms with Gasteiger partial charge in [-0.25, -0.2) is 4.39 Å². The highest BCUT2D eigenvalue weighted by molar-refractivity contribution is 7.16. The number of aryl methyl sites for hydroxylation is 1. The molecule has 0 N–H and O–H groups in total. The Morgan fingerprint density at radius 3 is 2.75 bits per heavy atom. The van der Waals surface area contributed by atoms with Crippen LogP contribution in [0.25, 0.3) is 10.2 Å². The maximum Gasteiger partial charge on any atom is 0.281 e. The van der Waals surface area contributed by atoms with Crippen molar-refractivity contribution in [2.45, 2.75) is 19.9 Å². The first-order valence-corrected chi connectivity index (χ1v) is 8.90. The molecule has 0 bridgehead atoms. The molecule has 0 aliphatic heterocycles. The molecule has 1 aromatic heterocycles. The fourth-order valence-electron chi connectivity index (χ4n) is 2.38. The highest BCUT2D eigenvalue weighted by atomic mass is 35.5. The normalized spacial score (nSPS) is 12.1. The van der Waals surface area contributed by atoms with Crippen molar-refractivity contribution >= 4 is 50.7 Å². The Kier molecular flexibility index (Phi) is 5.04. The van der Waals surface area contributed by atoms with Gasteiger partial charge in [-0.05, 0) is 42.8 Å². The van der Waals surface area contributed by atoms with Gasteiger partial charge in [0.1, 0.15) is 5.82 Å². The summed E-state index contributed by atoms with van der Waals surface area (Å²) in [5.41, 5.74) is 1.14. The van der Waals surface area contributed by atoms with E-state index in [1.54, 1.807) is 18.2 Å². The number of carbonyl (C=O) groups excluding carboxylic acids is 1. The Labute approximate surface area is 152 Å². The van der Waals surface area contributed by atoms with Gasteiger partial charge in [-0.3, -0.25) is 4.79 Å². The molecule has 1 heterocycles. The molecule has 0 radical (unpaired) electrons. The summed E-state index contributed by atoms with van der Waals surface area (Å²) in [6.45, 7) is 2.72. The van der Waals surface area contributed by atoms with Crippen LogP contribution >= 0.6 is 34.5 Å². The number of hydrogen-bond acceptors (Lipinski definition) is 2. The van der Waals surface area contributed by atoms with E-state index in [1.807, 2.05) is 11.5 Å². The van der Waals surface area contributed by atoms with Crippen LogP contribution in [-0.2, 0) is 6.54 Å². The molecule has 3 nitrogen and oxygen atoms in total. The Hall–Kier alpha value is -1.69. The van der Waals surface area contributed by atoms with Crippen LogP contribution < -0.4 is 4.80 Å². The van der Waals surface area contributed by atoms with Gasteiger partial charge in [0.05, 0.1) is 20.8 Å². The molecule has 3 aromatic rings. The summed E-state index contributed by atoms with van der Waals surface area (Å²) >= 11 is 13.2. The second kappa shape index (κ2) is 7.05. The number of benzene rings is 2. The minimum Gasteiger partial charge on any atom is -0.316 e. The van der Waals surface area contributed by atoms with Crippen molar-refractivity contribution in [3.63, 3.8) is 0 Å². The lowest BCUT2D eigenvalue weighted by atomic mass is 10.2. The molecule has 0 fully saturated rings. The van der Waals surface area contributed by atoms with E-state index in [4.69, 9.17) is 23.2 Å². The lowest BCUT2D eigenvalue weighted by molar-refractivity contribution is 0.0998. The van der Waals surface area contributed by atoms with Crippen molar-refractivity contribution in [2.24, 2.45) is 4.99 Å². The molecule has 2 aromatic carbocycles. The van der Waals surface area contributed by atoms with Gasteiger partial charge in [0, 0.05) is 11.6 Å². The molecule has 3 rings (SSSR count). The monoisotopic (exact) mass is 382 g/mol. The van der Waals surface area contributed by atoms with E-state index < -0.39 is 5.91 Å². The minimum atomic E-state index is -0.450. The minimum absolute atomic E-state index is 0.255. The van der Waals surface area contributed by atoms with Gasteiger partial charge in [-0.15, -0.1) is 0 Å². The molecule has 24 heavy (non-hydrogen) atoms.